The summed E-state index contributed by atoms with van der Waals surface area (Å²) in [6.45, 7) is 1.55. The minimum atomic E-state index is -0.808. The molecule has 0 aliphatic carbocycles. The van der Waals surface area contributed by atoms with Crippen LogP contribution in [0.15, 0.2) is 52.0 Å². The lowest BCUT2D eigenvalue weighted by Crippen LogP contribution is -2.33. The van der Waals surface area contributed by atoms with Gasteiger partial charge in [-0.05, 0) is 37.3 Å². The number of phenols is 1. The number of halogens is 1. The average Bonchev–Trinajstić information content (AvgIpc) is 2.58. The number of benzene rings is 2. The van der Waals surface area contributed by atoms with Gasteiger partial charge in [0.05, 0.1) is 11.1 Å². The summed E-state index contributed by atoms with van der Waals surface area (Å²) in [5.74, 6) is -0.182. The van der Waals surface area contributed by atoms with Gasteiger partial charge in [-0.3, -0.25) is 14.9 Å². The Morgan fingerprint density at radius 1 is 1.36 bits per heavy atom. The Labute approximate surface area is 151 Å². The van der Waals surface area contributed by atoms with Crippen molar-refractivity contribution in [1.29, 1.82) is 0 Å². The van der Waals surface area contributed by atoms with E-state index in [-0.39, 0.29) is 17.0 Å². The summed E-state index contributed by atoms with van der Waals surface area (Å²) in [5.41, 5.74) is 2.16. The van der Waals surface area contributed by atoms with Gasteiger partial charge < -0.3 is 9.84 Å². The zero-order valence-electron chi connectivity index (χ0n) is 13.0. The predicted octanol–water partition coefficient (Wildman–Crippen LogP) is 2.98. The molecule has 130 valence electrons. The van der Waals surface area contributed by atoms with Crippen LogP contribution in [0.4, 0.5) is 5.69 Å². The number of ether oxygens (including phenoxy) is 1. The highest BCUT2D eigenvalue weighted by atomic mass is 79.9. The Hall–Kier alpha value is -2.94. The van der Waals surface area contributed by atoms with E-state index >= 15 is 0 Å². The number of amides is 1. The van der Waals surface area contributed by atoms with Crippen molar-refractivity contribution < 1.29 is 19.6 Å². The molecule has 1 atom stereocenters. The SMILES string of the molecule is CC(Oc1ccc(Br)cc1)C(=O)NN=Cc1cc([N+](=O)[O-])ccc1O. The minimum Gasteiger partial charge on any atom is -0.507 e. The van der Waals surface area contributed by atoms with Crippen LogP contribution >= 0.6 is 15.9 Å². The van der Waals surface area contributed by atoms with E-state index in [1.54, 1.807) is 31.2 Å². The molecule has 2 aromatic carbocycles. The van der Waals surface area contributed by atoms with Gasteiger partial charge in [0.2, 0.25) is 0 Å². The van der Waals surface area contributed by atoms with E-state index < -0.39 is 16.9 Å². The molecule has 0 heterocycles. The Bertz CT molecular complexity index is 808. The molecule has 2 N–H and O–H groups in total. The van der Waals surface area contributed by atoms with Gasteiger partial charge in [0.15, 0.2) is 6.10 Å². The molecule has 0 radical (unpaired) electrons. The zero-order chi connectivity index (χ0) is 18.4. The van der Waals surface area contributed by atoms with Crippen molar-refractivity contribution in [2.24, 2.45) is 5.10 Å². The van der Waals surface area contributed by atoms with Gasteiger partial charge in [0.1, 0.15) is 11.5 Å². The topological polar surface area (TPSA) is 114 Å². The van der Waals surface area contributed by atoms with Crippen LogP contribution in [-0.4, -0.2) is 28.3 Å². The zero-order valence-corrected chi connectivity index (χ0v) is 14.6. The highest BCUT2D eigenvalue weighted by Crippen LogP contribution is 2.21. The van der Waals surface area contributed by atoms with E-state index in [2.05, 4.69) is 26.5 Å². The van der Waals surface area contributed by atoms with Crippen molar-refractivity contribution in [2.45, 2.75) is 13.0 Å². The summed E-state index contributed by atoms with van der Waals surface area (Å²) in [6, 6.07) is 10.5. The van der Waals surface area contributed by atoms with E-state index in [0.29, 0.717) is 5.75 Å². The maximum Gasteiger partial charge on any atom is 0.280 e. The van der Waals surface area contributed by atoms with Crippen molar-refractivity contribution in [3.8, 4) is 11.5 Å². The van der Waals surface area contributed by atoms with Crippen LogP contribution in [0.2, 0.25) is 0 Å². The number of phenolic OH excluding ortho intramolecular Hbond substituents is 1. The number of hydrazone groups is 1. The van der Waals surface area contributed by atoms with Crippen LogP contribution < -0.4 is 10.2 Å². The van der Waals surface area contributed by atoms with Gasteiger partial charge in [0, 0.05) is 22.2 Å². The summed E-state index contributed by atoms with van der Waals surface area (Å²) >= 11 is 3.30. The van der Waals surface area contributed by atoms with Gasteiger partial charge in [-0.2, -0.15) is 5.10 Å². The van der Waals surface area contributed by atoms with Crippen LogP contribution in [0.1, 0.15) is 12.5 Å². The first-order valence-electron chi connectivity index (χ1n) is 7.09. The highest BCUT2D eigenvalue weighted by Gasteiger charge is 2.14. The second-order valence-corrected chi connectivity index (χ2v) is 5.86. The Kier molecular flexibility index (Phi) is 6.07. The first-order valence-corrected chi connectivity index (χ1v) is 7.88. The van der Waals surface area contributed by atoms with Crippen LogP contribution in [0.3, 0.4) is 0 Å². The maximum absolute atomic E-state index is 11.9. The lowest BCUT2D eigenvalue weighted by Gasteiger charge is -2.12. The Morgan fingerprint density at radius 2 is 2.04 bits per heavy atom. The van der Waals surface area contributed by atoms with E-state index in [9.17, 15) is 20.0 Å². The lowest BCUT2D eigenvalue weighted by molar-refractivity contribution is -0.384. The largest absolute Gasteiger partial charge is 0.507 e. The van der Waals surface area contributed by atoms with Gasteiger partial charge in [0.25, 0.3) is 11.6 Å². The van der Waals surface area contributed by atoms with Crippen LogP contribution in [0.25, 0.3) is 0 Å². The van der Waals surface area contributed by atoms with Gasteiger partial charge in [-0.15, -0.1) is 0 Å². The van der Waals surface area contributed by atoms with Crippen molar-refractivity contribution in [1.82, 2.24) is 5.43 Å². The monoisotopic (exact) mass is 407 g/mol. The maximum atomic E-state index is 11.9. The molecule has 0 bridgehead atoms. The number of rotatable bonds is 6. The second kappa shape index (κ2) is 8.25. The molecule has 1 unspecified atom stereocenters. The molecular weight excluding hydrogens is 394 g/mol. The third-order valence-electron chi connectivity index (χ3n) is 3.10. The van der Waals surface area contributed by atoms with Crippen LogP contribution in [-0.2, 0) is 4.79 Å². The van der Waals surface area contributed by atoms with E-state index in [1.165, 1.54) is 12.1 Å². The molecule has 0 spiro atoms. The summed E-state index contributed by atoms with van der Waals surface area (Å²) in [6.07, 6.45) is 0.309. The van der Waals surface area contributed by atoms with E-state index in [0.717, 1.165) is 16.8 Å². The third kappa shape index (κ3) is 5.28. The molecule has 0 aromatic heterocycles. The molecule has 0 aliphatic heterocycles. The number of nitrogens with one attached hydrogen (secondary N) is 1. The Balaban J connectivity index is 1.96. The third-order valence-corrected chi connectivity index (χ3v) is 3.62. The van der Waals surface area contributed by atoms with E-state index in [4.69, 9.17) is 4.74 Å². The standard InChI is InChI=1S/C16H14BrN3O5/c1-10(25-14-5-2-12(17)3-6-14)16(22)19-18-9-11-8-13(20(23)24)4-7-15(11)21/h2-10,21H,1H3,(H,19,22). The number of nitrogens with zero attached hydrogens (tertiary/aromatic N) is 2. The number of aromatic hydroxyl groups is 1. The predicted molar refractivity (Wildman–Crippen MR) is 94.7 cm³/mol. The van der Waals surface area contributed by atoms with Crippen LogP contribution in [0, 0.1) is 10.1 Å². The van der Waals surface area contributed by atoms with Crippen molar-refractivity contribution in [2.75, 3.05) is 0 Å². The number of hydrogen-bond acceptors (Lipinski definition) is 6. The smallest absolute Gasteiger partial charge is 0.280 e. The fourth-order valence-corrected chi connectivity index (χ4v) is 2.05. The molecule has 0 fully saturated rings. The van der Waals surface area contributed by atoms with Crippen LogP contribution in [0.5, 0.6) is 11.5 Å². The van der Waals surface area contributed by atoms with Gasteiger partial charge in [-0.25, -0.2) is 5.43 Å². The first kappa shape index (κ1) is 18.4. The number of carbonyl (C=O) groups excluding carboxylic acids is 1. The average molecular weight is 408 g/mol. The molecule has 0 aliphatic rings. The molecule has 2 aromatic rings. The Morgan fingerprint density at radius 3 is 2.68 bits per heavy atom. The number of nitro benzene ring substituents is 1. The normalized spacial score (nSPS) is 11.9. The molecule has 0 saturated carbocycles. The summed E-state index contributed by atoms with van der Waals surface area (Å²) < 4.78 is 6.35. The molecule has 1 amide bonds. The van der Waals surface area contributed by atoms with Crippen molar-refractivity contribution >= 4 is 33.7 Å². The number of carbonyl (C=O) groups is 1. The highest BCUT2D eigenvalue weighted by molar-refractivity contribution is 9.10. The summed E-state index contributed by atoms with van der Waals surface area (Å²) in [7, 11) is 0. The van der Waals surface area contributed by atoms with Crippen molar-refractivity contribution in [3.63, 3.8) is 0 Å². The molecular formula is C16H14BrN3O5. The molecule has 0 saturated heterocycles. The van der Waals surface area contributed by atoms with E-state index in [1.807, 2.05) is 0 Å². The molecule has 9 heteroatoms. The lowest BCUT2D eigenvalue weighted by atomic mass is 10.2. The summed E-state index contributed by atoms with van der Waals surface area (Å²) in [5, 5.41) is 24.1. The second-order valence-electron chi connectivity index (χ2n) is 4.95. The summed E-state index contributed by atoms with van der Waals surface area (Å²) in [4.78, 5) is 22.1. The quantitative estimate of drug-likeness (QED) is 0.433. The minimum absolute atomic E-state index is 0.107. The number of hydrogen-bond donors (Lipinski definition) is 2. The number of nitro groups is 1. The molecule has 2 rings (SSSR count). The van der Waals surface area contributed by atoms with Gasteiger partial charge in [-0.1, -0.05) is 15.9 Å². The fraction of sp³-hybridized carbons (Fsp3) is 0.125. The fourth-order valence-electron chi connectivity index (χ4n) is 1.79. The van der Waals surface area contributed by atoms with Crippen molar-refractivity contribution in [3.05, 3.63) is 62.6 Å². The number of non-ortho nitro benzene ring substituents is 1. The molecule has 25 heavy (non-hydrogen) atoms. The molecule has 8 nitrogen and oxygen atoms in total. The van der Waals surface area contributed by atoms with Gasteiger partial charge >= 0.3 is 0 Å². The first-order chi connectivity index (χ1) is 11.9.